The first-order valence-corrected chi connectivity index (χ1v) is 24.8. The number of aromatic hydroxyl groups is 2. The van der Waals surface area contributed by atoms with Crippen LogP contribution in [0.4, 0.5) is 5.69 Å². The molecule has 1 amide bonds. The molecule has 5 bridgehead atoms. The molecule has 0 saturated carbocycles. The summed E-state index contributed by atoms with van der Waals surface area (Å²) in [6.07, 6.45) is 3.50. The van der Waals surface area contributed by atoms with Crippen LogP contribution in [0.3, 0.4) is 0 Å². The highest BCUT2D eigenvalue weighted by Crippen LogP contribution is 2.50. The minimum Gasteiger partial charge on any atom is -0.507 e. The van der Waals surface area contributed by atoms with E-state index in [2.05, 4.69) is 39.7 Å². The number of hydrogen-bond acceptors (Lipinski definition) is 17. The van der Waals surface area contributed by atoms with E-state index in [1.165, 1.54) is 39.4 Å². The number of anilines is 1. The zero-order valence-corrected chi connectivity index (χ0v) is 43.5. The number of carbonyl (C=O) groups is 4. The van der Waals surface area contributed by atoms with Gasteiger partial charge in [-0.3, -0.25) is 34.1 Å². The molecule has 5 aliphatic heterocycles. The molecule has 5 heterocycles. The normalized spacial score (nSPS) is 30.6. The third-order valence-electron chi connectivity index (χ3n) is 14.0. The standard InChI is InChI=1S/C50H68IN5O13/c1-12-55(10)24-66-33(57)22-34(58)68-45-28(5)32(65-11)16-21-67-49(9)47(63)37-35-36(43(61)31(8)46(37)69-49)44(62)40(39-38(35)53-50(54-39)17-19-56(20-18-50)23-27(4)51)52-48(64)26(3)15-13-14-25(2)41(59)29(6)42(60)30(45)7/h13-16,21,25,27-30,32,41-42,45,59-62H,12,17-20,22-24H2,1-11H3,(H,52,64)/b14-13+,21-16+,26-15-/t25-,27?,28+,29+,30+,32-,41-,42+,45+,49-/m0/s1. The Labute approximate surface area is 416 Å². The molecule has 378 valence electrons. The van der Waals surface area contributed by atoms with Crippen LogP contribution in [0.15, 0.2) is 46.1 Å². The largest absolute Gasteiger partial charge is 0.507 e. The second-order valence-electron chi connectivity index (χ2n) is 19.2. The van der Waals surface area contributed by atoms with Crippen molar-refractivity contribution in [3.05, 3.63) is 58.0 Å². The van der Waals surface area contributed by atoms with E-state index in [4.69, 9.17) is 33.7 Å². The highest BCUT2D eigenvalue weighted by Gasteiger charge is 2.50. The Hall–Kier alpha value is -4.67. The summed E-state index contributed by atoms with van der Waals surface area (Å²) >= 11 is 2.39. The molecule has 5 aliphatic rings. The van der Waals surface area contributed by atoms with Crippen LogP contribution in [0, 0.1) is 30.6 Å². The Bertz CT molecular complexity index is 2540. The number of ketones is 1. The number of aliphatic hydroxyl groups excluding tert-OH is 2. The van der Waals surface area contributed by atoms with Gasteiger partial charge in [-0.2, -0.15) is 0 Å². The fraction of sp³-hybridized carbons (Fsp3) is 0.600. The summed E-state index contributed by atoms with van der Waals surface area (Å²) in [4.78, 5) is 69.3. The van der Waals surface area contributed by atoms with Gasteiger partial charge in [0, 0.05) is 90.6 Å². The van der Waals surface area contributed by atoms with Crippen molar-refractivity contribution < 1.29 is 63.3 Å². The molecule has 18 nitrogen and oxygen atoms in total. The van der Waals surface area contributed by atoms with Crippen LogP contribution >= 0.6 is 22.6 Å². The summed E-state index contributed by atoms with van der Waals surface area (Å²) < 4.78 is 30.0. The molecule has 2 aromatic rings. The summed E-state index contributed by atoms with van der Waals surface area (Å²) in [6, 6.07) is 0. The summed E-state index contributed by atoms with van der Waals surface area (Å²) in [5.41, 5.74) is -0.727. The lowest BCUT2D eigenvalue weighted by molar-refractivity contribution is -0.168. The molecule has 1 unspecified atom stereocenters. The van der Waals surface area contributed by atoms with Gasteiger partial charge >= 0.3 is 17.7 Å². The number of fused-ring (bicyclic) bond motifs is 13. The number of hydrogen-bond donors (Lipinski definition) is 5. The lowest BCUT2D eigenvalue weighted by atomic mass is 9.78. The number of nitrogens with zero attached hydrogens (tertiary/aromatic N) is 4. The predicted octanol–water partition coefficient (Wildman–Crippen LogP) is 4.74. The van der Waals surface area contributed by atoms with Gasteiger partial charge in [-0.05, 0) is 33.5 Å². The number of piperidine rings is 1. The minimum absolute atomic E-state index is 0.000195. The first-order chi connectivity index (χ1) is 32.5. The molecule has 19 heteroatoms. The molecule has 1 saturated heterocycles. The molecule has 10 atom stereocenters. The van der Waals surface area contributed by atoms with E-state index in [-0.39, 0.29) is 56.4 Å². The average Bonchev–Trinajstić information content (AvgIpc) is 3.81. The highest BCUT2D eigenvalue weighted by atomic mass is 127. The number of likely N-dealkylation sites (tertiary alicyclic amines) is 1. The number of nitrogens with one attached hydrogen (secondary N) is 1. The van der Waals surface area contributed by atoms with Gasteiger partial charge in [0.2, 0.25) is 0 Å². The number of carbonyl (C=O) groups excluding carboxylic acids is 4. The fourth-order valence-corrected chi connectivity index (χ4v) is 10.0. The maximum absolute atomic E-state index is 14.9. The Morgan fingerprint density at radius 2 is 1.65 bits per heavy atom. The molecule has 2 aromatic carbocycles. The van der Waals surface area contributed by atoms with Crippen molar-refractivity contribution in [3.8, 4) is 17.2 Å². The molecule has 0 aliphatic carbocycles. The van der Waals surface area contributed by atoms with Crippen LogP contribution in [-0.2, 0) is 33.3 Å². The lowest BCUT2D eigenvalue weighted by Gasteiger charge is -2.38. The van der Waals surface area contributed by atoms with Crippen LogP contribution in [0.2, 0.25) is 0 Å². The van der Waals surface area contributed by atoms with E-state index in [1.54, 1.807) is 58.7 Å². The molecule has 1 fully saturated rings. The number of Topliss-reactive ketones (excluding diaryl/α,β-unsaturated/α-hetero) is 1. The number of phenols is 2. The van der Waals surface area contributed by atoms with Gasteiger partial charge < -0.3 is 54.3 Å². The minimum atomic E-state index is -2.02. The van der Waals surface area contributed by atoms with E-state index in [1.807, 2.05) is 6.92 Å². The summed E-state index contributed by atoms with van der Waals surface area (Å²) in [5.74, 6) is -8.79. The van der Waals surface area contributed by atoms with Crippen molar-refractivity contribution >= 4 is 62.7 Å². The summed E-state index contributed by atoms with van der Waals surface area (Å²) in [7, 11) is 3.17. The van der Waals surface area contributed by atoms with Gasteiger partial charge in [0.1, 0.15) is 41.8 Å². The van der Waals surface area contributed by atoms with Crippen molar-refractivity contribution in [1.82, 2.24) is 9.80 Å². The number of esters is 2. The number of phenolic OH excluding ortho intramolecular Hbond substituents is 2. The third kappa shape index (κ3) is 11.1. The number of rotatable bonds is 9. The Morgan fingerprint density at radius 1 is 0.986 bits per heavy atom. The predicted molar refractivity (Wildman–Crippen MR) is 265 cm³/mol. The molecule has 69 heavy (non-hydrogen) atoms. The van der Waals surface area contributed by atoms with E-state index in [0.717, 1.165) is 6.54 Å². The van der Waals surface area contributed by atoms with Crippen molar-refractivity contribution in [2.75, 3.05) is 52.4 Å². The highest BCUT2D eigenvalue weighted by molar-refractivity contribution is 14.1. The second-order valence-corrected chi connectivity index (χ2v) is 21.3. The van der Waals surface area contributed by atoms with Gasteiger partial charge in [0.15, 0.2) is 11.4 Å². The summed E-state index contributed by atoms with van der Waals surface area (Å²) in [5, 5.41) is 50.6. The number of methoxy groups -OCH3 is 1. The topological polar surface area (TPSA) is 239 Å². The number of benzene rings is 2. The molecule has 0 radical (unpaired) electrons. The SMILES string of the molecule is CCN(C)COC(=O)CC(=O)O[C@H]1[C@H](C)[C@H](O)[C@H](C)[C@@H](O)[C@@H](C)/C=C/C=C(/C)C(=O)Nc2c(O)c3c(O)c(C)c4c(c3c3c2=NC2(CCN(CC(C)I)CC2)N=3)C(=O)[C@@](C)(O/C=C/[C@H](OC)[C@H]1C)O4. The van der Waals surface area contributed by atoms with Crippen LogP contribution in [0.5, 0.6) is 17.2 Å². The number of aliphatic hydroxyl groups is 2. The number of allylic oxidation sites excluding steroid dienone is 2. The van der Waals surface area contributed by atoms with Crippen molar-refractivity contribution in [1.29, 1.82) is 0 Å². The number of amides is 1. The molecule has 7 rings (SSSR count). The molecule has 5 N–H and O–H groups in total. The van der Waals surface area contributed by atoms with Gasteiger partial charge in [-0.25, -0.2) is 0 Å². The van der Waals surface area contributed by atoms with Gasteiger partial charge in [-0.15, -0.1) is 0 Å². The van der Waals surface area contributed by atoms with E-state index in [9.17, 15) is 39.6 Å². The van der Waals surface area contributed by atoms with Crippen LogP contribution in [0.25, 0.3) is 10.8 Å². The average molecular weight is 1070 g/mol. The van der Waals surface area contributed by atoms with Gasteiger partial charge in [0.05, 0.1) is 40.9 Å². The number of ether oxygens (including phenoxy) is 5. The maximum Gasteiger partial charge on any atom is 0.318 e. The monoisotopic (exact) mass is 1070 g/mol. The van der Waals surface area contributed by atoms with Crippen molar-refractivity contribution in [3.63, 3.8) is 0 Å². The smallest absolute Gasteiger partial charge is 0.318 e. The zero-order valence-electron chi connectivity index (χ0n) is 41.4. The maximum atomic E-state index is 14.9. The second kappa shape index (κ2) is 21.8. The first kappa shape index (κ1) is 53.7. The lowest BCUT2D eigenvalue weighted by Crippen LogP contribution is -2.47. The molecule has 0 aromatic heterocycles. The van der Waals surface area contributed by atoms with Crippen LogP contribution in [0.1, 0.15) is 90.6 Å². The Balaban J connectivity index is 1.47. The Kier molecular flexibility index (Phi) is 16.9. The van der Waals surface area contributed by atoms with Crippen LogP contribution < -0.4 is 20.8 Å². The van der Waals surface area contributed by atoms with Crippen LogP contribution in [-0.4, -0.2) is 141 Å². The first-order valence-electron chi connectivity index (χ1n) is 23.6. The zero-order chi connectivity index (χ0) is 50.9. The van der Waals surface area contributed by atoms with E-state index in [0.29, 0.717) is 36.4 Å². The van der Waals surface area contributed by atoms with Gasteiger partial charge in [-0.1, -0.05) is 82.4 Å². The third-order valence-corrected chi connectivity index (χ3v) is 14.4. The van der Waals surface area contributed by atoms with E-state index >= 15 is 0 Å². The molecular formula is C50H68IN5O13. The van der Waals surface area contributed by atoms with Gasteiger partial charge in [0.25, 0.3) is 11.7 Å². The summed E-state index contributed by atoms with van der Waals surface area (Å²) in [6.45, 7) is 18.2. The number of halogens is 1. The molecule has 1 spiro atoms. The van der Waals surface area contributed by atoms with Crippen molar-refractivity contribution in [2.45, 2.75) is 121 Å². The fourth-order valence-electron chi connectivity index (χ4n) is 9.48. The van der Waals surface area contributed by atoms with E-state index < -0.39 is 101 Å². The number of alkyl halides is 1. The van der Waals surface area contributed by atoms with Crippen molar-refractivity contribution in [2.24, 2.45) is 33.7 Å². The Morgan fingerprint density at radius 3 is 2.29 bits per heavy atom. The quantitative estimate of drug-likeness (QED) is 0.0570. The molecular weight excluding hydrogens is 1010 g/mol.